The summed E-state index contributed by atoms with van der Waals surface area (Å²) in [6.07, 6.45) is 1.90. The zero-order valence-corrected chi connectivity index (χ0v) is 9.99. The molecule has 0 saturated heterocycles. The molecule has 3 aromatic rings. The first kappa shape index (κ1) is 10.2. The van der Waals surface area contributed by atoms with Crippen molar-refractivity contribution < 1.29 is 0 Å². The number of benzene rings is 1. The molecule has 0 saturated carbocycles. The van der Waals surface area contributed by atoms with Gasteiger partial charge in [0.1, 0.15) is 5.82 Å². The van der Waals surface area contributed by atoms with Crippen LogP contribution < -0.4 is 5.73 Å². The lowest BCUT2D eigenvalue weighted by Gasteiger charge is -2.03. The summed E-state index contributed by atoms with van der Waals surface area (Å²) in [4.78, 5) is 0. The van der Waals surface area contributed by atoms with Gasteiger partial charge in [-0.05, 0) is 0 Å². The highest BCUT2D eigenvalue weighted by atomic mass is 35.5. The van der Waals surface area contributed by atoms with E-state index < -0.39 is 0 Å². The summed E-state index contributed by atoms with van der Waals surface area (Å²) in [5, 5.41) is 8.64. The molecule has 0 amide bonds. The third-order valence-electron chi connectivity index (χ3n) is 2.84. The van der Waals surface area contributed by atoms with Crippen LogP contribution in [-0.4, -0.2) is 14.8 Å². The van der Waals surface area contributed by atoms with Gasteiger partial charge in [0.2, 0.25) is 0 Å². The Morgan fingerprint density at radius 3 is 2.94 bits per heavy atom. The number of anilines is 1. The first-order valence-corrected chi connectivity index (χ1v) is 5.59. The molecule has 3 rings (SSSR count). The van der Waals surface area contributed by atoms with Crippen LogP contribution in [0.2, 0.25) is 5.02 Å². The standard InChI is InChI=1S/C12H11ClN4/c1-17-6-9(13)7-3-2-4-8(12(7)17)10-5-11(14)16-15-10/h2-6H,1H3,(H3,14,15,16). The number of para-hydroxylation sites is 1. The van der Waals surface area contributed by atoms with Gasteiger partial charge < -0.3 is 10.3 Å². The topological polar surface area (TPSA) is 59.6 Å². The van der Waals surface area contributed by atoms with Crippen LogP contribution in [0.25, 0.3) is 22.2 Å². The van der Waals surface area contributed by atoms with Crippen LogP contribution in [0.15, 0.2) is 30.5 Å². The van der Waals surface area contributed by atoms with E-state index in [1.54, 1.807) is 0 Å². The Morgan fingerprint density at radius 2 is 2.24 bits per heavy atom. The highest BCUT2D eigenvalue weighted by molar-refractivity contribution is 6.36. The number of aryl methyl sites for hydroxylation is 1. The van der Waals surface area contributed by atoms with Crippen molar-refractivity contribution >= 4 is 28.3 Å². The number of aromatic nitrogens is 3. The molecule has 2 aromatic heterocycles. The number of aromatic amines is 1. The lowest BCUT2D eigenvalue weighted by atomic mass is 10.1. The van der Waals surface area contributed by atoms with E-state index in [9.17, 15) is 0 Å². The molecule has 0 atom stereocenters. The predicted octanol–water partition coefficient (Wildman–Crippen LogP) is 2.80. The van der Waals surface area contributed by atoms with Gasteiger partial charge in [-0.25, -0.2) is 0 Å². The Bertz CT molecular complexity index is 696. The van der Waals surface area contributed by atoms with E-state index in [0.717, 1.165) is 27.2 Å². The smallest absolute Gasteiger partial charge is 0.145 e. The Morgan fingerprint density at radius 1 is 1.41 bits per heavy atom. The molecule has 0 radical (unpaired) electrons. The van der Waals surface area contributed by atoms with E-state index >= 15 is 0 Å². The van der Waals surface area contributed by atoms with E-state index in [-0.39, 0.29) is 0 Å². The van der Waals surface area contributed by atoms with Gasteiger partial charge in [0.05, 0.1) is 16.2 Å². The van der Waals surface area contributed by atoms with Crippen molar-refractivity contribution in [2.24, 2.45) is 7.05 Å². The molecule has 1 aromatic carbocycles. The number of rotatable bonds is 1. The minimum absolute atomic E-state index is 0.484. The van der Waals surface area contributed by atoms with E-state index in [1.165, 1.54) is 0 Å². The number of halogens is 1. The Kier molecular flexibility index (Phi) is 2.12. The van der Waals surface area contributed by atoms with Gasteiger partial charge in [-0.15, -0.1) is 0 Å². The first-order valence-electron chi connectivity index (χ1n) is 5.21. The number of hydrogen-bond donors (Lipinski definition) is 2. The zero-order chi connectivity index (χ0) is 12.0. The summed E-state index contributed by atoms with van der Waals surface area (Å²) in [6.45, 7) is 0. The van der Waals surface area contributed by atoms with Crippen LogP contribution in [0.5, 0.6) is 0 Å². The lowest BCUT2D eigenvalue weighted by Crippen LogP contribution is -1.88. The summed E-state index contributed by atoms with van der Waals surface area (Å²) in [5.41, 5.74) is 8.64. The molecule has 5 heteroatoms. The van der Waals surface area contributed by atoms with Gasteiger partial charge in [-0.3, -0.25) is 5.10 Å². The molecule has 0 fully saturated rings. The number of fused-ring (bicyclic) bond motifs is 1. The average molecular weight is 247 g/mol. The maximum atomic E-state index is 6.17. The van der Waals surface area contributed by atoms with Crippen LogP contribution in [-0.2, 0) is 7.05 Å². The van der Waals surface area contributed by atoms with Gasteiger partial charge >= 0.3 is 0 Å². The van der Waals surface area contributed by atoms with Gasteiger partial charge in [-0.2, -0.15) is 5.10 Å². The number of nitrogens with two attached hydrogens (primary N) is 1. The fraction of sp³-hybridized carbons (Fsp3) is 0.0833. The fourth-order valence-electron chi connectivity index (χ4n) is 2.11. The quantitative estimate of drug-likeness (QED) is 0.694. The predicted molar refractivity (Wildman–Crippen MR) is 69.9 cm³/mol. The molecule has 0 aliphatic carbocycles. The molecule has 0 bridgehead atoms. The van der Waals surface area contributed by atoms with Crippen molar-refractivity contribution in [3.05, 3.63) is 35.5 Å². The van der Waals surface area contributed by atoms with Crippen molar-refractivity contribution in [2.45, 2.75) is 0 Å². The molecule has 0 unspecified atom stereocenters. The largest absolute Gasteiger partial charge is 0.382 e. The molecule has 17 heavy (non-hydrogen) atoms. The van der Waals surface area contributed by atoms with E-state index in [0.29, 0.717) is 5.82 Å². The summed E-state index contributed by atoms with van der Waals surface area (Å²) >= 11 is 6.17. The van der Waals surface area contributed by atoms with Crippen LogP contribution in [0, 0.1) is 0 Å². The van der Waals surface area contributed by atoms with Gasteiger partial charge in [0, 0.05) is 30.3 Å². The molecule has 2 heterocycles. The van der Waals surface area contributed by atoms with Crippen molar-refractivity contribution in [3.8, 4) is 11.3 Å². The minimum atomic E-state index is 0.484. The summed E-state index contributed by atoms with van der Waals surface area (Å²) in [6, 6.07) is 7.81. The maximum absolute atomic E-state index is 6.17. The molecular formula is C12H11ClN4. The molecule has 0 aliphatic rings. The van der Waals surface area contributed by atoms with Crippen LogP contribution in [0.4, 0.5) is 5.82 Å². The second-order valence-electron chi connectivity index (χ2n) is 4.00. The summed E-state index contributed by atoms with van der Waals surface area (Å²) < 4.78 is 2.00. The van der Waals surface area contributed by atoms with Gasteiger partial charge in [-0.1, -0.05) is 29.8 Å². The third-order valence-corrected chi connectivity index (χ3v) is 3.14. The van der Waals surface area contributed by atoms with Crippen molar-refractivity contribution in [3.63, 3.8) is 0 Å². The Balaban J connectivity index is 2.37. The lowest BCUT2D eigenvalue weighted by molar-refractivity contribution is 0.969. The Labute approximate surface area is 103 Å². The van der Waals surface area contributed by atoms with Gasteiger partial charge in [0.25, 0.3) is 0 Å². The highest BCUT2D eigenvalue weighted by Crippen LogP contribution is 2.32. The summed E-state index contributed by atoms with van der Waals surface area (Å²) in [5.74, 6) is 0.484. The first-order chi connectivity index (χ1) is 8.16. The number of nitrogens with one attached hydrogen (secondary N) is 1. The second-order valence-corrected chi connectivity index (χ2v) is 4.40. The zero-order valence-electron chi connectivity index (χ0n) is 9.24. The third kappa shape index (κ3) is 1.49. The highest BCUT2D eigenvalue weighted by Gasteiger charge is 2.11. The fourth-order valence-corrected chi connectivity index (χ4v) is 2.41. The van der Waals surface area contributed by atoms with Crippen molar-refractivity contribution in [1.82, 2.24) is 14.8 Å². The van der Waals surface area contributed by atoms with E-state index in [2.05, 4.69) is 10.2 Å². The molecular weight excluding hydrogens is 236 g/mol. The number of H-pyrrole nitrogens is 1. The number of hydrogen-bond acceptors (Lipinski definition) is 2. The number of nitrogens with zero attached hydrogens (tertiary/aromatic N) is 2. The average Bonchev–Trinajstić information content (AvgIpc) is 2.85. The molecule has 86 valence electrons. The molecule has 0 aliphatic heterocycles. The van der Waals surface area contributed by atoms with E-state index in [1.807, 2.05) is 42.1 Å². The van der Waals surface area contributed by atoms with E-state index in [4.69, 9.17) is 17.3 Å². The minimum Gasteiger partial charge on any atom is -0.382 e. The maximum Gasteiger partial charge on any atom is 0.145 e. The van der Waals surface area contributed by atoms with Crippen LogP contribution >= 0.6 is 11.6 Å². The summed E-state index contributed by atoms with van der Waals surface area (Å²) in [7, 11) is 1.97. The monoisotopic (exact) mass is 246 g/mol. The molecule has 0 spiro atoms. The van der Waals surface area contributed by atoms with Crippen molar-refractivity contribution in [1.29, 1.82) is 0 Å². The van der Waals surface area contributed by atoms with Crippen LogP contribution in [0.1, 0.15) is 0 Å². The second kappa shape index (κ2) is 3.53. The van der Waals surface area contributed by atoms with Crippen molar-refractivity contribution in [2.75, 3.05) is 5.73 Å². The SMILES string of the molecule is Cn1cc(Cl)c2cccc(-c3cc(N)n[nH]3)c21. The Hall–Kier alpha value is -1.94. The molecule has 3 N–H and O–H groups in total. The number of nitrogen functional groups attached to an aromatic ring is 1. The molecule has 4 nitrogen and oxygen atoms in total. The normalized spacial score (nSPS) is 11.2. The van der Waals surface area contributed by atoms with Gasteiger partial charge in [0.15, 0.2) is 0 Å². The van der Waals surface area contributed by atoms with Crippen LogP contribution in [0.3, 0.4) is 0 Å².